The van der Waals surface area contributed by atoms with Crippen LogP contribution in [0.4, 0.5) is 5.82 Å². The first kappa shape index (κ1) is 24.5. The Hall–Kier alpha value is -3.65. The summed E-state index contributed by atoms with van der Waals surface area (Å²) in [6, 6.07) is 16.6. The number of methoxy groups -OCH3 is 1. The summed E-state index contributed by atoms with van der Waals surface area (Å²) in [6.07, 6.45) is 2.38. The number of aryl methyl sites for hydroxylation is 1. The monoisotopic (exact) mass is 475 g/mol. The van der Waals surface area contributed by atoms with Crippen LogP contribution in [0.25, 0.3) is 0 Å². The maximum atomic E-state index is 13.3. The van der Waals surface area contributed by atoms with Crippen LogP contribution >= 0.6 is 0 Å². The minimum atomic E-state index is -0.0806. The highest BCUT2D eigenvalue weighted by Gasteiger charge is 2.27. The van der Waals surface area contributed by atoms with Gasteiger partial charge in [0.2, 0.25) is 0 Å². The van der Waals surface area contributed by atoms with Crippen molar-refractivity contribution in [2.45, 2.75) is 26.0 Å². The molecule has 0 radical (unpaired) electrons. The third-order valence-corrected chi connectivity index (χ3v) is 6.30. The molecule has 0 saturated heterocycles. The predicted molar refractivity (Wildman–Crippen MR) is 136 cm³/mol. The third-order valence-electron chi connectivity index (χ3n) is 6.30. The molecular formula is C27H33N5O3. The first-order valence-corrected chi connectivity index (χ1v) is 11.9. The number of ether oxygens (including phenoxy) is 2. The number of amides is 1. The molecule has 1 aromatic heterocycles. The Labute approximate surface area is 206 Å². The number of fused-ring (bicyclic) bond motifs is 1. The van der Waals surface area contributed by atoms with Gasteiger partial charge in [-0.2, -0.15) is 4.98 Å². The molecule has 1 amide bonds. The molecule has 1 aliphatic rings. The fourth-order valence-corrected chi connectivity index (χ4v) is 4.22. The van der Waals surface area contributed by atoms with E-state index in [1.54, 1.807) is 6.20 Å². The summed E-state index contributed by atoms with van der Waals surface area (Å²) in [4.78, 5) is 25.7. The quantitative estimate of drug-likeness (QED) is 0.506. The summed E-state index contributed by atoms with van der Waals surface area (Å²) >= 11 is 0. The summed E-state index contributed by atoms with van der Waals surface area (Å²) in [7, 11) is 5.39. The first-order chi connectivity index (χ1) is 17.0. The molecule has 1 N–H and O–H groups in total. The van der Waals surface area contributed by atoms with Crippen molar-refractivity contribution in [1.82, 2.24) is 20.2 Å². The number of likely N-dealkylation sites (N-methyl/N-ethyl adjacent to an activating group) is 1. The summed E-state index contributed by atoms with van der Waals surface area (Å²) < 4.78 is 11.5. The van der Waals surface area contributed by atoms with E-state index in [1.165, 1.54) is 7.11 Å². The van der Waals surface area contributed by atoms with Crippen LogP contribution in [0.3, 0.4) is 0 Å². The zero-order valence-corrected chi connectivity index (χ0v) is 20.8. The number of rotatable bonds is 9. The summed E-state index contributed by atoms with van der Waals surface area (Å²) in [6.45, 7) is 4.68. The van der Waals surface area contributed by atoms with Gasteiger partial charge in [0, 0.05) is 39.3 Å². The molecule has 0 spiro atoms. The number of benzene rings is 2. The van der Waals surface area contributed by atoms with Crippen LogP contribution in [-0.4, -0.2) is 61.6 Å². The Balaban J connectivity index is 1.51. The Bertz CT molecular complexity index is 1150. The van der Waals surface area contributed by atoms with Gasteiger partial charge in [-0.15, -0.1) is 0 Å². The van der Waals surface area contributed by atoms with Gasteiger partial charge in [-0.1, -0.05) is 36.4 Å². The average Bonchev–Trinajstić information content (AvgIpc) is 3.00. The maximum absolute atomic E-state index is 13.3. The zero-order valence-electron chi connectivity index (χ0n) is 20.8. The third kappa shape index (κ3) is 5.71. The van der Waals surface area contributed by atoms with Gasteiger partial charge in [-0.25, -0.2) is 4.98 Å². The molecule has 8 heteroatoms. The molecule has 0 bridgehead atoms. The van der Waals surface area contributed by atoms with Crippen molar-refractivity contribution in [1.29, 1.82) is 0 Å². The van der Waals surface area contributed by atoms with E-state index < -0.39 is 0 Å². The average molecular weight is 476 g/mol. The number of hydrogen-bond donors (Lipinski definition) is 1. The van der Waals surface area contributed by atoms with Crippen LogP contribution in [0.1, 0.15) is 39.6 Å². The van der Waals surface area contributed by atoms with Crippen molar-refractivity contribution >= 4 is 11.7 Å². The fourth-order valence-electron chi connectivity index (χ4n) is 4.22. The number of nitrogens with zero attached hydrogens (tertiary/aromatic N) is 4. The van der Waals surface area contributed by atoms with Gasteiger partial charge in [0.25, 0.3) is 5.91 Å². The molecule has 0 saturated carbocycles. The number of carbonyl (C=O) groups excluding carboxylic acids is 1. The minimum Gasteiger partial charge on any atom is -0.486 e. The molecule has 0 aliphatic carbocycles. The molecule has 4 rings (SSSR count). The predicted octanol–water partition coefficient (Wildman–Crippen LogP) is 3.62. The molecule has 184 valence electrons. The lowest BCUT2D eigenvalue weighted by Gasteiger charge is -2.23. The normalized spacial score (nSPS) is 14.3. The molecule has 0 fully saturated rings. The van der Waals surface area contributed by atoms with Crippen molar-refractivity contribution < 1.29 is 14.3 Å². The zero-order chi connectivity index (χ0) is 24.8. The van der Waals surface area contributed by atoms with Crippen LogP contribution in [0, 0.1) is 6.92 Å². The highest BCUT2D eigenvalue weighted by molar-refractivity contribution is 5.99. The summed E-state index contributed by atoms with van der Waals surface area (Å²) in [5.41, 5.74) is 3.80. The van der Waals surface area contributed by atoms with Gasteiger partial charge in [0.15, 0.2) is 0 Å². The number of anilines is 1. The van der Waals surface area contributed by atoms with Crippen LogP contribution in [0.2, 0.25) is 0 Å². The van der Waals surface area contributed by atoms with E-state index >= 15 is 0 Å². The largest absolute Gasteiger partial charge is 0.486 e. The fraction of sp³-hybridized carbons (Fsp3) is 0.370. The Kier molecular flexibility index (Phi) is 7.82. The van der Waals surface area contributed by atoms with Crippen molar-refractivity contribution in [2.24, 2.45) is 0 Å². The van der Waals surface area contributed by atoms with Gasteiger partial charge in [-0.3, -0.25) is 4.79 Å². The lowest BCUT2D eigenvalue weighted by atomic mass is 10.1. The van der Waals surface area contributed by atoms with Crippen LogP contribution < -0.4 is 19.7 Å². The van der Waals surface area contributed by atoms with Crippen molar-refractivity contribution in [3.63, 3.8) is 0 Å². The van der Waals surface area contributed by atoms with Crippen LogP contribution in [0.15, 0.2) is 54.7 Å². The molecule has 2 aromatic carbocycles. The van der Waals surface area contributed by atoms with Gasteiger partial charge in [0.1, 0.15) is 23.2 Å². The molecule has 1 aliphatic heterocycles. The number of hydrogen-bond acceptors (Lipinski definition) is 7. The van der Waals surface area contributed by atoms with E-state index in [0.717, 1.165) is 35.4 Å². The highest BCUT2D eigenvalue weighted by atomic mass is 16.5. The van der Waals surface area contributed by atoms with Gasteiger partial charge in [-0.05, 0) is 49.3 Å². The van der Waals surface area contributed by atoms with E-state index in [0.29, 0.717) is 31.0 Å². The van der Waals surface area contributed by atoms with Crippen LogP contribution in [-0.2, 0) is 6.54 Å². The highest BCUT2D eigenvalue weighted by Crippen LogP contribution is 2.28. The second kappa shape index (κ2) is 11.2. The lowest BCUT2D eigenvalue weighted by molar-refractivity contribution is 0.0754. The Morgan fingerprint density at radius 1 is 1.14 bits per heavy atom. The first-order valence-electron chi connectivity index (χ1n) is 11.9. The van der Waals surface area contributed by atoms with Gasteiger partial charge in [0.05, 0.1) is 7.11 Å². The maximum Gasteiger partial charge on any atom is 0.318 e. The van der Waals surface area contributed by atoms with Crippen molar-refractivity contribution in [3.8, 4) is 11.8 Å². The summed E-state index contributed by atoms with van der Waals surface area (Å²) in [5, 5.41) is 3.21. The van der Waals surface area contributed by atoms with Gasteiger partial charge < -0.3 is 24.6 Å². The molecule has 35 heavy (non-hydrogen) atoms. The second-order valence-electron chi connectivity index (χ2n) is 8.74. The lowest BCUT2D eigenvalue weighted by Crippen LogP contribution is -2.33. The van der Waals surface area contributed by atoms with E-state index in [1.807, 2.05) is 48.2 Å². The molecule has 2 heterocycles. The van der Waals surface area contributed by atoms with E-state index in [-0.39, 0.29) is 18.0 Å². The Morgan fingerprint density at radius 3 is 2.66 bits per heavy atom. The van der Waals surface area contributed by atoms with Crippen molar-refractivity contribution in [2.75, 3.05) is 45.7 Å². The second-order valence-corrected chi connectivity index (χ2v) is 8.74. The summed E-state index contributed by atoms with van der Waals surface area (Å²) in [5.74, 6) is 1.34. The number of carbonyl (C=O) groups is 1. The topological polar surface area (TPSA) is 79.8 Å². The van der Waals surface area contributed by atoms with E-state index in [9.17, 15) is 4.79 Å². The molecule has 1 atom stereocenters. The van der Waals surface area contributed by atoms with Gasteiger partial charge >= 0.3 is 6.01 Å². The van der Waals surface area contributed by atoms with E-state index in [2.05, 4.69) is 46.5 Å². The van der Waals surface area contributed by atoms with Crippen LogP contribution in [0.5, 0.6) is 11.8 Å². The molecule has 3 aromatic rings. The SMILES string of the molecule is CNCC[C@H](Oc1ccc(CN2CCN(C)c3nc(OC)ncc3C2=O)c(C)c1)c1ccccc1. The smallest absolute Gasteiger partial charge is 0.318 e. The molecule has 8 nitrogen and oxygen atoms in total. The standard InChI is InChI=1S/C27H33N5O3/c1-19-16-22(35-24(12-13-28-2)20-8-6-5-7-9-20)11-10-21(19)18-32-15-14-31(3)25-23(26(32)33)17-29-27(30-25)34-4/h5-11,16-17,24,28H,12-15,18H2,1-4H3/t24-/m0/s1. The van der Waals surface area contributed by atoms with E-state index in [4.69, 9.17) is 9.47 Å². The number of nitrogens with one attached hydrogen (secondary N) is 1. The number of aromatic nitrogens is 2. The molecule has 0 unspecified atom stereocenters. The minimum absolute atomic E-state index is 0.0369. The van der Waals surface area contributed by atoms with Crippen molar-refractivity contribution in [3.05, 3.63) is 77.0 Å². The molecular weight excluding hydrogens is 442 g/mol. The Morgan fingerprint density at radius 2 is 1.94 bits per heavy atom.